The quantitative estimate of drug-likeness (QED) is 0.711. The van der Waals surface area contributed by atoms with Crippen molar-refractivity contribution < 1.29 is 9.53 Å². The molecule has 0 fully saturated rings. The van der Waals surface area contributed by atoms with E-state index in [9.17, 15) is 4.79 Å². The van der Waals surface area contributed by atoms with E-state index in [1.54, 1.807) is 12.4 Å². The van der Waals surface area contributed by atoms with Gasteiger partial charge >= 0.3 is 5.97 Å². The third-order valence-electron chi connectivity index (χ3n) is 2.35. The topological polar surface area (TPSA) is 65.0 Å². The Kier molecular flexibility index (Phi) is 2.76. The van der Waals surface area contributed by atoms with Crippen molar-refractivity contribution in [3.63, 3.8) is 0 Å². The summed E-state index contributed by atoms with van der Waals surface area (Å²) in [4.78, 5) is 22.9. The third kappa shape index (κ3) is 1.98. The van der Waals surface area contributed by atoms with Gasteiger partial charge in [0.25, 0.3) is 0 Å². The highest BCUT2D eigenvalue weighted by atomic mass is 16.5. The first-order valence-corrected chi connectivity index (χ1v) is 4.86. The standard InChI is InChI=1S/C11H11N3O2/c1-7-9(5-16-8(2)15)3-13-11-10(7)4-12-6-14-11/h3-4,6H,5H2,1-2H3. The first-order valence-electron chi connectivity index (χ1n) is 4.86. The Balaban J connectivity index is 2.40. The van der Waals surface area contributed by atoms with Gasteiger partial charge in [0.1, 0.15) is 12.9 Å². The number of aromatic nitrogens is 3. The van der Waals surface area contributed by atoms with Gasteiger partial charge in [0.2, 0.25) is 0 Å². The number of hydrogen-bond acceptors (Lipinski definition) is 5. The molecular weight excluding hydrogens is 206 g/mol. The van der Waals surface area contributed by atoms with Crippen molar-refractivity contribution in [1.29, 1.82) is 0 Å². The lowest BCUT2D eigenvalue weighted by Gasteiger charge is -2.07. The molecule has 2 aromatic rings. The zero-order valence-corrected chi connectivity index (χ0v) is 9.10. The number of aryl methyl sites for hydroxylation is 1. The third-order valence-corrected chi connectivity index (χ3v) is 2.35. The summed E-state index contributed by atoms with van der Waals surface area (Å²) in [6.45, 7) is 3.55. The second kappa shape index (κ2) is 4.22. The maximum absolute atomic E-state index is 10.7. The van der Waals surface area contributed by atoms with Crippen LogP contribution in [0.3, 0.4) is 0 Å². The normalized spacial score (nSPS) is 10.4. The van der Waals surface area contributed by atoms with Crippen molar-refractivity contribution in [3.8, 4) is 0 Å². The Bertz CT molecular complexity index is 540. The van der Waals surface area contributed by atoms with Crippen LogP contribution in [0.2, 0.25) is 0 Å². The van der Waals surface area contributed by atoms with Gasteiger partial charge < -0.3 is 4.74 Å². The summed E-state index contributed by atoms with van der Waals surface area (Å²) in [5.41, 5.74) is 2.52. The molecule has 0 unspecified atom stereocenters. The molecule has 0 spiro atoms. The maximum Gasteiger partial charge on any atom is 0.302 e. The van der Waals surface area contributed by atoms with Gasteiger partial charge in [-0.3, -0.25) is 4.79 Å². The van der Waals surface area contributed by atoms with Gasteiger partial charge in [0, 0.05) is 30.3 Å². The van der Waals surface area contributed by atoms with Gasteiger partial charge in [0.15, 0.2) is 5.65 Å². The first-order chi connectivity index (χ1) is 7.68. The Labute approximate surface area is 92.5 Å². The van der Waals surface area contributed by atoms with Crippen LogP contribution in [-0.2, 0) is 16.1 Å². The molecule has 0 saturated carbocycles. The van der Waals surface area contributed by atoms with Crippen LogP contribution in [0.15, 0.2) is 18.7 Å². The molecule has 0 aromatic carbocycles. The molecule has 0 amide bonds. The van der Waals surface area contributed by atoms with Gasteiger partial charge in [-0.2, -0.15) is 0 Å². The Hall–Kier alpha value is -2.04. The van der Waals surface area contributed by atoms with E-state index in [4.69, 9.17) is 4.74 Å². The predicted octanol–water partition coefficient (Wildman–Crippen LogP) is 1.40. The molecule has 0 aliphatic rings. The highest BCUT2D eigenvalue weighted by molar-refractivity contribution is 5.78. The van der Waals surface area contributed by atoms with Gasteiger partial charge in [-0.25, -0.2) is 15.0 Å². The Morgan fingerprint density at radius 1 is 1.38 bits per heavy atom. The van der Waals surface area contributed by atoms with Crippen molar-refractivity contribution >= 4 is 17.0 Å². The van der Waals surface area contributed by atoms with Crippen molar-refractivity contribution in [3.05, 3.63) is 29.8 Å². The van der Waals surface area contributed by atoms with E-state index in [1.807, 2.05) is 6.92 Å². The van der Waals surface area contributed by atoms with Gasteiger partial charge in [-0.1, -0.05) is 0 Å². The van der Waals surface area contributed by atoms with Crippen molar-refractivity contribution in [1.82, 2.24) is 15.0 Å². The fourth-order valence-electron chi connectivity index (χ4n) is 1.42. The summed E-state index contributed by atoms with van der Waals surface area (Å²) in [5.74, 6) is -0.302. The molecule has 0 bridgehead atoms. The molecule has 2 aromatic heterocycles. The molecule has 0 radical (unpaired) electrons. The van der Waals surface area contributed by atoms with Crippen LogP contribution in [0.1, 0.15) is 18.1 Å². The van der Waals surface area contributed by atoms with E-state index in [1.165, 1.54) is 13.3 Å². The average Bonchev–Trinajstić information content (AvgIpc) is 2.28. The number of ether oxygens (including phenoxy) is 1. The molecule has 5 nitrogen and oxygen atoms in total. The van der Waals surface area contributed by atoms with Crippen molar-refractivity contribution in [2.45, 2.75) is 20.5 Å². The van der Waals surface area contributed by atoms with Crippen LogP contribution in [0, 0.1) is 6.92 Å². The fourth-order valence-corrected chi connectivity index (χ4v) is 1.42. The van der Waals surface area contributed by atoms with Crippen LogP contribution in [0.25, 0.3) is 11.0 Å². The molecular formula is C11H11N3O2. The highest BCUT2D eigenvalue weighted by Gasteiger charge is 2.06. The smallest absolute Gasteiger partial charge is 0.302 e. The minimum Gasteiger partial charge on any atom is -0.461 e. The summed E-state index contributed by atoms with van der Waals surface area (Å²) in [6.07, 6.45) is 4.84. The Morgan fingerprint density at radius 2 is 2.19 bits per heavy atom. The molecule has 2 rings (SSSR count). The summed E-state index contributed by atoms with van der Waals surface area (Å²) in [6, 6.07) is 0. The van der Waals surface area contributed by atoms with Crippen molar-refractivity contribution in [2.24, 2.45) is 0 Å². The molecule has 2 heterocycles. The molecule has 0 N–H and O–H groups in total. The van der Waals surface area contributed by atoms with Crippen LogP contribution in [0.4, 0.5) is 0 Å². The molecule has 0 aliphatic carbocycles. The second-order valence-corrected chi connectivity index (χ2v) is 3.45. The zero-order chi connectivity index (χ0) is 11.5. The van der Waals surface area contributed by atoms with Crippen LogP contribution in [0.5, 0.6) is 0 Å². The van der Waals surface area contributed by atoms with Gasteiger partial charge in [0.05, 0.1) is 0 Å². The number of pyridine rings is 1. The van der Waals surface area contributed by atoms with E-state index in [0.29, 0.717) is 5.65 Å². The molecule has 5 heteroatoms. The number of hydrogen-bond donors (Lipinski definition) is 0. The summed E-state index contributed by atoms with van der Waals surface area (Å²) >= 11 is 0. The number of nitrogens with zero attached hydrogens (tertiary/aromatic N) is 3. The number of rotatable bonds is 2. The highest BCUT2D eigenvalue weighted by Crippen LogP contribution is 2.17. The first kappa shape index (κ1) is 10.5. The number of carbonyl (C=O) groups is 1. The fraction of sp³-hybridized carbons (Fsp3) is 0.273. The van der Waals surface area contributed by atoms with E-state index >= 15 is 0 Å². The average molecular weight is 217 g/mol. The largest absolute Gasteiger partial charge is 0.461 e. The second-order valence-electron chi connectivity index (χ2n) is 3.45. The minimum atomic E-state index is -0.302. The lowest BCUT2D eigenvalue weighted by Crippen LogP contribution is -2.02. The predicted molar refractivity (Wildman–Crippen MR) is 57.5 cm³/mol. The summed E-state index contributed by atoms with van der Waals surface area (Å²) in [7, 11) is 0. The van der Waals surface area contributed by atoms with E-state index in [2.05, 4.69) is 15.0 Å². The van der Waals surface area contributed by atoms with E-state index in [0.717, 1.165) is 16.5 Å². The molecule has 0 saturated heterocycles. The number of esters is 1. The molecule has 0 atom stereocenters. The zero-order valence-electron chi connectivity index (χ0n) is 9.10. The van der Waals surface area contributed by atoms with E-state index < -0.39 is 0 Å². The summed E-state index contributed by atoms with van der Waals surface area (Å²) in [5, 5.41) is 0.882. The van der Waals surface area contributed by atoms with Gasteiger partial charge in [-0.15, -0.1) is 0 Å². The maximum atomic E-state index is 10.7. The minimum absolute atomic E-state index is 0.235. The Morgan fingerprint density at radius 3 is 2.94 bits per heavy atom. The number of carbonyl (C=O) groups excluding carboxylic acids is 1. The number of fused-ring (bicyclic) bond motifs is 1. The molecule has 16 heavy (non-hydrogen) atoms. The van der Waals surface area contributed by atoms with Crippen LogP contribution >= 0.6 is 0 Å². The molecule has 82 valence electrons. The van der Waals surface area contributed by atoms with Crippen LogP contribution in [-0.4, -0.2) is 20.9 Å². The monoisotopic (exact) mass is 217 g/mol. The lowest BCUT2D eigenvalue weighted by molar-refractivity contribution is -0.142. The van der Waals surface area contributed by atoms with Gasteiger partial charge in [-0.05, 0) is 12.5 Å². The van der Waals surface area contributed by atoms with Crippen LogP contribution < -0.4 is 0 Å². The SMILES string of the molecule is CC(=O)OCc1cnc2ncncc2c1C. The lowest BCUT2D eigenvalue weighted by atomic mass is 10.1. The summed E-state index contributed by atoms with van der Waals surface area (Å²) < 4.78 is 4.94. The van der Waals surface area contributed by atoms with Crippen molar-refractivity contribution in [2.75, 3.05) is 0 Å². The van der Waals surface area contributed by atoms with E-state index in [-0.39, 0.29) is 12.6 Å². The molecule has 0 aliphatic heterocycles.